The molecule has 0 spiro atoms. The van der Waals surface area contributed by atoms with Crippen molar-refractivity contribution >= 4 is 11.6 Å². The van der Waals surface area contributed by atoms with Crippen LogP contribution in [0.3, 0.4) is 0 Å². The topological polar surface area (TPSA) is 49.3 Å². The number of alkyl halides is 3. The molecule has 2 aliphatic heterocycles. The molecule has 0 saturated carbocycles. The number of aromatic nitrogens is 2. The summed E-state index contributed by atoms with van der Waals surface area (Å²) in [6.45, 7) is 5.28. The van der Waals surface area contributed by atoms with E-state index in [4.69, 9.17) is 0 Å². The molecule has 2 aromatic rings. The summed E-state index contributed by atoms with van der Waals surface area (Å²) in [5.74, 6) is -0.0133. The van der Waals surface area contributed by atoms with Crippen LogP contribution in [-0.2, 0) is 23.8 Å². The Morgan fingerprint density at radius 3 is 2.70 bits per heavy atom. The van der Waals surface area contributed by atoms with Crippen LogP contribution in [-0.4, -0.2) is 33.9 Å². The zero-order valence-corrected chi connectivity index (χ0v) is 18.6. The fourth-order valence-corrected chi connectivity index (χ4v) is 4.21. The maximum atomic E-state index is 13.1. The molecule has 172 valence electrons. The monoisotopic (exact) mass is 454 g/mol. The maximum Gasteiger partial charge on any atom is 0.433 e. The second-order valence-electron chi connectivity index (χ2n) is 8.27. The van der Waals surface area contributed by atoms with Gasteiger partial charge in [0.1, 0.15) is 5.69 Å². The quantitative estimate of drug-likeness (QED) is 0.662. The number of hydrogen-bond donors (Lipinski definition) is 0. The number of anilines is 1. The van der Waals surface area contributed by atoms with Crippen molar-refractivity contribution < 1.29 is 18.0 Å². The summed E-state index contributed by atoms with van der Waals surface area (Å²) in [7, 11) is 0. The number of allylic oxidation sites excluding steroid dienone is 3. The summed E-state index contributed by atoms with van der Waals surface area (Å²) in [6, 6.07) is 4.57. The van der Waals surface area contributed by atoms with Crippen LogP contribution in [0.1, 0.15) is 34.6 Å². The summed E-state index contributed by atoms with van der Waals surface area (Å²) in [6.07, 6.45) is 6.90. The van der Waals surface area contributed by atoms with Crippen molar-refractivity contribution in [2.45, 2.75) is 39.3 Å². The fourth-order valence-electron chi connectivity index (χ4n) is 4.21. The van der Waals surface area contributed by atoms with Gasteiger partial charge in [-0.05, 0) is 61.2 Å². The van der Waals surface area contributed by atoms with Gasteiger partial charge in [0.05, 0.1) is 6.42 Å². The summed E-state index contributed by atoms with van der Waals surface area (Å²) in [5, 5.41) is 0. The molecule has 0 aromatic carbocycles. The van der Waals surface area contributed by atoms with E-state index in [-0.39, 0.29) is 12.3 Å². The number of nitrogens with zero attached hydrogens (tertiary/aromatic N) is 4. The molecule has 5 nitrogen and oxygen atoms in total. The number of amides is 1. The van der Waals surface area contributed by atoms with Crippen molar-refractivity contribution in [2.75, 3.05) is 18.0 Å². The number of rotatable bonds is 3. The molecular weight excluding hydrogens is 429 g/mol. The summed E-state index contributed by atoms with van der Waals surface area (Å²) in [5.41, 5.74) is 4.55. The number of aryl methyl sites for hydroxylation is 2. The van der Waals surface area contributed by atoms with Crippen molar-refractivity contribution in [1.29, 1.82) is 0 Å². The molecule has 2 aliphatic rings. The first kappa shape index (κ1) is 22.8. The molecular formula is C25H25F3N4O. The van der Waals surface area contributed by atoms with Gasteiger partial charge >= 0.3 is 6.18 Å². The normalized spacial score (nSPS) is 16.2. The molecule has 0 radical (unpaired) electrons. The summed E-state index contributed by atoms with van der Waals surface area (Å²) in [4.78, 5) is 24.6. The molecule has 0 aliphatic carbocycles. The largest absolute Gasteiger partial charge is 0.433 e. The SMILES string of the molecule is Cc1cc(C)c2c(n1)CCN(C(=O)CC1=CN(c3ccnc(C(F)(F)F)c3)C=CC=C1)CC2. The van der Waals surface area contributed by atoms with Crippen LogP contribution in [0.25, 0.3) is 0 Å². The van der Waals surface area contributed by atoms with Gasteiger partial charge < -0.3 is 9.80 Å². The van der Waals surface area contributed by atoms with Crippen molar-refractivity contribution in [3.05, 3.63) is 88.8 Å². The Hall–Kier alpha value is -3.42. The van der Waals surface area contributed by atoms with E-state index in [1.54, 1.807) is 29.5 Å². The zero-order chi connectivity index (χ0) is 23.6. The number of halogens is 3. The molecule has 4 rings (SSSR count). The smallest absolute Gasteiger partial charge is 0.342 e. The Kier molecular flexibility index (Phi) is 6.35. The first-order valence-corrected chi connectivity index (χ1v) is 10.8. The average Bonchev–Trinajstić information content (AvgIpc) is 3.12. The third-order valence-electron chi connectivity index (χ3n) is 5.82. The van der Waals surface area contributed by atoms with Gasteiger partial charge in [-0.15, -0.1) is 0 Å². The number of pyridine rings is 2. The van der Waals surface area contributed by atoms with Crippen molar-refractivity contribution in [3.8, 4) is 0 Å². The van der Waals surface area contributed by atoms with Crippen LogP contribution in [0.2, 0.25) is 0 Å². The van der Waals surface area contributed by atoms with E-state index in [0.717, 1.165) is 30.1 Å². The highest BCUT2D eigenvalue weighted by molar-refractivity contribution is 5.80. The molecule has 33 heavy (non-hydrogen) atoms. The molecule has 0 unspecified atom stereocenters. The Bertz CT molecular complexity index is 1150. The maximum absolute atomic E-state index is 13.1. The molecule has 0 saturated heterocycles. The minimum atomic E-state index is -4.53. The van der Waals surface area contributed by atoms with E-state index in [1.165, 1.54) is 17.2 Å². The first-order chi connectivity index (χ1) is 15.7. The Labute approximate surface area is 190 Å². The van der Waals surface area contributed by atoms with Gasteiger partial charge in [-0.1, -0.05) is 12.2 Å². The number of carbonyl (C=O) groups excluding carboxylic acids is 1. The van der Waals surface area contributed by atoms with Gasteiger partial charge in [-0.25, -0.2) is 0 Å². The van der Waals surface area contributed by atoms with Crippen LogP contribution in [0.15, 0.2) is 60.6 Å². The van der Waals surface area contributed by atoms with Crippen LogP contribution in [0.5, 0.6) is 0 Å². The molecule has 0 atom stereocenters. The first-order valence-electron chi connectivity index (χ1n) is 10.8. The highest BCUT2D eigenvalue weighted by Gasteiger charge is 2.32. The fraction of sp³-hybridized carbons (Fsp3) is 0.320. The van der Waals surface area contributed by atoms with Gasteiger partial charge in [0.2, 0.25) is 5.91 Å². The van der Waals surface area contributed by atoms with Crippen molar-refractivity contribution in [3.63, 3.8) is 0 Å². The van der Waals surface area contributed by atoms with Gasteiger partial charge in [-0.3, -0.25) is 14.8 Å². The lowest BCUT2D eigenvalue weighted by atomic mass is 10.0. The molecule has 8 heteroatoms. The van der Waals surface area contributed by atoms with Crippen LogP contribution in [0.4, 0.5) is 18.9 Å². The van der Waals surface area contributed by atoms with Gasteiger partial charge in [0, 0.05) is 55.2 Å². The lowest BCUT2D eigenvalue weighted by Crippen LogP contribution is -2.33. The van der Waals surface area contributed by atoms with Crippen LogP contribution in [0, 0.1) is 13.8 Å². The Balaban J connectivity index is 1.49. The standard InChI is InChI=1S/C25H25F3N4O/c1-17-13-18(2)30-22-8-12-31(11-7-21(17)22)24(33)14-19-5-3-4-10-32(16-19)20-6-9-29-23(15-20)25(26,27)28/h3-6,9-10,13,15-16H,7-8,11-12,14H2,1-2H3. The molecule has 2 aromatic heterocycles. The second-order valence-corrected chi connectivity index (χ2v) is 8.27. The molecule has 0 N–H and O–H groups in total. The summed E-state index contributed by atoms with van der Waals surface area (Å²) >= 11 is 0. The van der Waals surface area contributed by atoms with E-state index in [0.29, 0.717) is 30.8 Å². The number of fused-ring (bicyclic) bond motifs is 1. The van der Waals surface area contributed by atoms with Crippen LogP contribution >= 0.6 is 0 Å². The Morgan fingerprint density at radius 1 is 1.12 bits per heavy atom. The highest BCUT2D eigenvalue weighted by atomic mass is 19.4. The second kappa shape index (κ2) is 9.21. The predicted molar refractivity (Wildman–Crippen MR) is 120 cm³/mol. The minimum Gasteiger partial charge on any atom is -0.342 e. The van der Waals surface area contributed by atoms with Gasteiger partial charge in [0.25, 0.3) is 0 Å². The minimum absolute atomic E-state index is 0.0133. The lowest BCUT2D eigenvalue weighted by molar-refractivity contribution is -0.141. The van der Waals surface area contributed by atoms with Crippen LogP contribution < -0.4 is 4.90 Å². The van der Waals surface area contributed by atoms with E-state index in [1.807, 2.05) is 17.9 Å². The third kappa shape index (κ3) is 5.32. The van der Waals surface area contributed by atoms with Crippen molar-refractivity contribution in [2.24, 2.45) is 0 Å². The zero-order valence-electron chi connectivity index (χ0n) is 18.6. The number of carbonyl (C=O) groups is 1. The number of hydrogen-bond acceptors (Lipinski definition) is 4. The van der Waals surface area contributed by atoms with E-state index >= 15 is 0 Å². The Morgan fingerprint density at radius 2 is 1.91 bits per heavy atom. The molecule has 0 bridgehead atoms. The molecule has 4 heterocycles. The summed E-state index contributed by atoms with van der Waals surface area (Å²) < 4.78 is 39.2. The molecule has 0 fully saturated rings. The van der Waals surface area contributed by atoms with Gasteiger partial charge in [-0.2, -0.15) is 13.2 Å². The predicted octanol–water partition coefficient (Wildman–Crippen LogP) is 4.90. The van der Waals surface area contributed by atoms with E-state index in [2.05, 4.69) is 23.0 Å². The highest BCUT2D eigenvalue weighted by Crippen LogP contribution is 2.30. The lowest BCUT2D eigenvalue weighted by Gasteiger charge is -2.21. The van der Waals surface area contributed by atoms with E-state index < -0.39 is 11.9 Å². The average molecular weight is 454 g/mol. The third-order valence-corrected chi connectivity index (χ3v) is 5.82. The van der Waals surface area contributed by atoms with Crippen molar-refractivity contribution in [1.82, 2.24) is 14.9 Å². The molecule has 1 amide bonds. The van der Waals surface area contributed by atoms with E-state index in [9.17, 15) is 18.0 Å². The van der Waals surface area contributed by atoms with Gasteiger partial charge in [0.15, 0.2) is 0 Å².